The second-order valence-electron chi connectivity index (χ2n) is 8.01. The Morgan fingerprint density at radius 1 is 0.250 bits per heavy atom. The van der Waals surface area contributed by atoms with Crippen LogP contribution in [-0.2, 0) is 0 Å². The van der Waals surface area contributed by atoms with E-state index in [1.165, 1.54) is 78.5 Å². The van der Waals surface area contributed by atoms with Gasteiger partial charge in [-0.2, -0.15) is 0 Å². The minimum atomic E-state index is 1.20. The molecule has 6 aliphatic rings. The van der Waals surface area contributed by atoms with Crippen LogP contribution in [0.15, 0.2) is 0 Å². The molecule has 126 valence electrons. The minimum Gasteiger partial charge on any atom is -0.364 e. The average molecular weight is 324 g/mol. The van der Waals surface area contributed by atoms with Gasteiger partial charge in [-0.15, -0.1) is 0 Å². The van der Waals surface area contributed by atoms with Crippen LogP contribution in [0.2, 0.25) is 0 Å². The lowest BCUT2D eigenvalue weighted by Gasteiger charge is -2.57. The summed E-state index contributed by atoms with van der Waals surface area (Å²) in [7, 11) is 0. The Morgan fingerprint density at radius 3 is 0.500 bits per heavy atom. The van der Waals surface area contributed by atoms with E-state index >= 15 is 0 Å². The summed E-state index contributed by atoms with van der Waals surface area (Å²) in [5, 5.41) is 0. The second-order valence-corrected chi connectivity index (χ2v) is 8.01. The van der Waals surface area contributed by atoms with Crippen LogP contribution in [-0.4, -0.2) is 78.5 Å². The van der Waals surface area contributed by atoms with Gasteiger partial charge in [-0.25, -0.2) is 0 Å². The van der Waals surface area contributed by atoms with Gasteiger partial charge in [0.15, 0.2) is 0 Å². The predicted molar refractivity (Wildman–Crippen MR) is 99.7 cm³/mol. The van der Waals surface area contributed by atoms with Crippen molar-refractivity contribution in [1.82, 2.24) is 0 Å². The molecule has 6 aliphatic heterocycles. The highest BCUT2D eigenvalue weighted by Gasteiger charge is 2.46. The van der Waals surface area contributed by atoms with Crippen LogP contribution in [0.5, 0.6) is 0 Å². The highest BCUT2D eigenvalue weighted by Crippen LogP contribution is 2.62. The van der Waals surface area contributed by atoms with Gasteiger partial charge in [-0.3, -0.25) is 0 Å². The zero-order chi connectivity index (χ0) is 15.4. The first-order valence-corrected chi connectivity index (χ1v) is 9.64. The molecule has 0 radical (unpaired) electrons. The normalized spacial score (nSPS) is 25.5. The molecule has 0 amide bonds. The Balaban J connectivity index is 1.65. The van der Waals surface area contributed by atoms with Crippen molar-refractivity contribution in [2.24, 2.45) is 0 Å². The van der Waals surface area contributed by atoms with Crippen LogP contribution in [0, 0.1) is 0 Å². The van der Waals surface area contributed by atoms with Crippen LogP contribution in [0.25, 0.3) is 0 Å². The number of benzene rings is 1. The fourth-order valence-corrected chi connectivity index (χ4v) is 5.93. The Kier molecular flexibility index (Phi) is 2.05. The van der Waals surface area contributed by atoms with E-state index in [0.29, 0.717) is 0 Å². The van der Waals surface area contributed by atoms with Crippen molar-refractivity contribution < 1.29 is 0 Å². The van der Waals surface area contributed by atoms with E-state index in [1.807, 2.05) is 0 Å². The Bertz CT molecular complexity index is 554. The summed E-state index contributed by atoms with van der Waals surface area (Å²) in [4.78, 5) is 16.1. The summed E-state index contributed by atoms with van der Waals surface area (Å²) in [6.07, 6.45) is 0. The zero-order valence-corrected chi connectivity index (χ0v) is 14.2. The molecule has 0 spiro atoms. The van der Waals surface area contributed by atoms with Gasteiger partial charge in [-0.05, 0) is 0 Å². The van der Waals surface area contributed by atoms with Gasteiger partial charge in [0, 0.05) is 78.5 Å². The topological polar surface area (TPSA) is 19.4 Å². The number of hydrogen-bond acceptors (Lipinski definition) is 6. The lowest BCUT2D eigenvalue weighted by atomic mass is 9.93. The molecule has 0 fully saturated rings. The lowest BCUT2D eigenvalue weighted by molar-refractivity contribution is 0.579. The van der Waals surface area contributed by atoms with Gasteiger partial charge >= 0.3 is 0 Å². The molecule has 6 heteroatoms. The van der Waals surface area contributed by atoms with E-state index in [2.05, 4.69) is 29.4 Å². The first-order chi connectivity index (χ1) is 11.9. The first-order valence-electron chi connectivity index (χ1n) is 9.64. The van der Waals surface area contributed by atoms with Crippen LogP contribution in [0.1, 0.15) is 0 Å². The smallest absolute Gasteiger partial charge is 0.0887 e. The summed E-state index contributed by atoms with van der Waals surface area (Å²) in [6, 6.07) is 0. The van der Waals surface area contributed by atoms with E-state index in [1.54, 1.807) is 34.1 Å². The van der Waals surface area contributed by atoms with E-state index in [9.17, 15) is 0 Å². The number of hydrogen-bond donors (Lipinski definition) is 0. The van der Waals surface area contributed by atoms with E-state index in [-0.39, 0.29) is 0 Å². The molecular formula is C18H24N6. The molecule has 0 aromatic heterocycles. The average Bonchev–Trinajstić information content (AvgIpc) is 2.65. The molecule has 6 nitrogen and oxygen atoms in total. The first kappa shape index (κ1) is 12.4. The quantitative estimate of drug-likeness (QED) is 0.691. The maximum Gasteiger partial charge on any atom is 0.0887 e. The SMILES string of the molecule is C1CN2CCN3CCN4CCN5CCN6CCN1c1c2c3c4c5c16. The van der Waals surface area contributed by atoms with Crippen molar-refractivity contribution >= 4 is 34.1 Å². The van der Waals surface area contributed by atoms with Crippen molar-refractivity contribution in [3.05, 3.63) is 0 Å². The van der Waals surface area contributed by atoms with Crippen molar-refractivity contribution in [3.63, 3.8) is 0 Å². The number of rotatable bonds is 0. The maximum absolute atomic E-state index is 2.69. The molecule has 0 saturated carbocycles. The second kappa shape index (κ2) is 3.98. The monoisotopic (exact) mass is 324 g/mol. The van der Waals surface area contributed by atoms with Gasteiger partial charge in [0.05, 0.1) is 34.1 Å². The van der Waals surface area contributed by atoms with Crippen molar-refractivity contribution in [2.75, 3.05) is 108 Å². The molecule has 24 heavy (non-hydrogen) atoms. The predicted octanol–water partition coefficient (Wildman–Crippen LogP) is 0.607. The van der Waals surface area contributed by atoms with Gasteiger partial charge in [-0.1, -0.05) is 0 Å². The van der Waals surface area contributed by atoms with Crippen LogP contribution in [0.3, 0.4) is 0 Å². The summed E-state index contributed by atoms with van der Waals surface area (Å²) >= 11 is 0. The summed E-state index contributed by atoms with van der Waals surface area (Å²) in [5.41, 5.74) is 9.41. The standard InChI is InChI=1S/C18H24N6/c1-2-20-5-6-22-9-11-24-12-10-23-8-7-21-4-3-19(1)13-14(20)16(22)18(24)17(23)15(13)21/h1-12H2. The molecular weight excluding hydrogens is 300 g/mol. The number of nitrogens with zero attached hydrogens (tertiary/aromatic N) is 6. The minimum absolute atomic E-state index is 1.20. The molecule has 1 aromatic carbocycles. The number of anilines is 6. The maximum atomic E-state index is 2.69. The van der Waals surface area contributed by atoms with Gasteiger partial charge in [0.25, 0.3) is 0 Å². The van der Waals surface area contributed by atoms with E-state index < -0.39 is 0 Å². The van der Waals surface area contributed by atoms with Crippen molar-refractivity contribution in [1.29, 1.82) is 0 Å². The summed E-state index contributed by atoms with van der Waals surface area (Å²) in [5.74, 6) is 0. The van der Waals surface area contributed by atoms with Crippen LogP contribution in [0.4, 0.5) is 34.1 Å². The highest BCUT2D eigenvalue weighted by atomic mass is 15.4. The zero-order valence-electron chi connectivity index (χ0n) is 14.2. The van der Waals surface area contributed by atoms with E-state index in [0.717, 1.165) is 0 Å². The summed E-state index contributed by atoms with van der Waals surface area (Å²) < 4.78 is 0. The van der Waals surface area contributed by atoms with Gasteiger partial charge < -0.3 is 29.4 Å². The van der Waals surface area contributed by atoms with Gasteiger partial charge in [0.1, 0.15) is 0 Å². The highest BCUT2D eigenvalue weighted by molar-refractivity contribution is 6.12. The Hall–Kier alpha value is -1.98. The third kappa shape index (κ3) is 1.25. The Labute approximate surface area is 142 Å². The Morgan fingerprint density at radius 2 is 0.375 bits per heavy atom. The molecule has 6 heterocycles. The molecule has 0 bridgehead atoms. The molecule has 0 aliphatic carbocycles. The fraction of sp³-hybridized carbons (Fsp3) is 0.667. The lowest BCUT2D eigenvalue weighted by Crippen LogP contribution is -2.59. The van der Waals surface area contributed by atoms with E-state index in [4.69, 9.17) is 0 Å². The molecule has 1 aromatic rings. The third-order valence-electron chi connectivity index (χ3n) is 7.08. The van der Waals surface area contributed by atoms with Crippen LogP contribution < -0.4 is 29.4 Å². The summed E-state index contributed by atoms with van der Waals surface area (Å²) in [6.45, 7) is 14.4. The molecule has 7 rings (SSSR count). The van der Waals surface area contributed by atoms with Crippen LogP contribution >= 0.6 is 0 Å². The molecule has 0 N–H and O–H groups in total. The molecule has 0 unspecified atom stereocenters. The largest absolute Gasteiger partial charge is 0.364 e. The van der Waals surface area contributed by atoms with Crippen molar-refractivity contribution in [2.45, 2.75) is 0 Å². The fourth-order valence-electron chi connectivity index (χ4n) is 5.93. The molecule has 0 saturated heterocycles. The molecule has 0 atom stereocenters. The van der Waals surface area contributed by atoms with Crippen molar-refractivity contribution in [3.8, 4) is 0 Å². The van der Waals surface area contributed by atoms with Gasteiger partial charge in [0.2, 0.25) is 0 Å². The third-order valence-corrected chi connectivity index (χ3v) is 7.08.